The van der Waals surface area contributed by atoms with Crippen molar-refractivity contribution >= 4 is 46.1 Å². The topological polar surface area (TPSA) is 211 Å². The molecule has 3 saturated heterocycles. The lowest BCUT2D eigenvalue weighted by Gasteiger charge is -2.49. The fourth-order valence-electron chi connectivity index (χ4n) is 9.60. The molecule has 0 spiro atoms. The molecule has 1 amide bonds. The Labute approximate surface area is 405 Å². The van der Waals surface area contributed by atoms with Gasteiger partial charge in [-0.05, 0) is 136 Å². The number of halogens is 2. The van der Waals surface area contributed by atoms with Crippen LogP contribution in [0.2, 0.25) is 5.15 Å². The number of methoxy groups -OCH3 is 1. The number of hydrogen-bond donors (Lipinski definition) is 5. The van der Waals surface area contributed by atoms with Crippen LogP contribution in [0.3, 0.4) is 0 Å². The smallest absolute Gasteiger partial charge is 0.312 e. The number of carbonyl (C=O) groups excluding carboxylic acids is 2. The van der Waals surface area contributed by atoms with E-state index in [4.69, 9.17) is 44.8 Å². The van der Waals surface area contributed by atoms with E-state index in [1.807, 2.05) is 69.4 Å². The van der Waals surface area contributed by atoms with E-state index in [1.54, 1.807) is 53.7 Å². The summed E-state index contributed by atoms with van der Waals surface area (Å²) in [6, 6.07) is 2.62. The average Bonchev–Trinajstić information content (AvgIpc) is 3.22. The molecule has 18 atom stereocenters. The van der Waals surface area contributed by atoms with E-state index in [-0.39, 0.29) is 54.1 Å². The lowest BCUT2D eigenvalue weighted by Crippen LogP contribution is -2.61. The number of cyclic esters (lactones) is 1. The van der Waals surface area contributed by atoms with E-state index in [1.165, 1.54) is 14.0 Å². The van der Waals surface area contributed by atoms with Gasteiger partial charge in [0.25, 0.3) is 5.91 Å². The minimum absolute atomic E-state index is 0.109. The number of aliphatic hydroxyl groups is 4. The van der Waals surface area contributed by atoms with Crippen molar-refractivity contribution in [3.05, 3.63) is 28.5 Å². The van der Waals surface area contributed by atoms with Gasteiger partial charge in [-0.3, -0.25) is 9.59 Å². The Hall–Kier alpha value is -1.37. The Balaban J connectivity index is 1.74. The number of amides is 1. The van der Waals surface area contributed by atoms with Crippen molar-refractivity contribution in [1.29, 1.82) is 0 Å². The molecular formula is C46H78ClIN4O13. The van der Waals surface area contributed by atoms with Crippen LogP contribution in [0, 0.1) is 24.7 Å². The van der Waals surface area contributed by atoms with Crippen molar-refractivity contribution < 1.29 is 63.2 Å². The maximum absolute atomic E-state index is 14.3. The SMILES string of the molecule is CO[C@]1(C)C[C@H](O[C@H]2[C@H](C)[C@@H](O[C@@H]3O[C@H](C)C[C@H](N(C)C)[C@H]3OCCCNC(=O)c3ccc(C)nc3Cl)[C@](C)(O)C[C@@H](C)CN(C)[C@H](C)[C@@H](O)[C@](C)(O)[C@@H](I)OC(=O)[C@@H]2C)O[C@@H](C)[C@@H]1O. The van der Waals surface area contributed by atoms with Crippen molar-refractivity contribution in [1.82, 2.24) is 20.1 Å². The van der Waals surface area contributed by atoms with E-state index in [0.29, 0.717) is 31.6 Å². The lowest BCUT2D eigenvalue weighted by atomic mass is 9.77. The van der Waals surface area contributed by atoms with Crippen molar-refractivity contribution in [2.75, 3.05) is 47.9 Å². The summed E-state index contributed by atoms with van der Waals surface area (Å²) in [5, 5.41) is 50.1. The van der Waals surface area contributed by atoms with Gasteiger partial charge in [-0.25, -0.2) is 4.98 Å². The summed E-state index contributed by atoms with van der Waals surface area (Å²) in [4.78, 5) is 35.4. The molecular weight excluding hydrogens is 979 g/mol. The summed E-state index contributed by atoms with van der Waals surface area (Å²) in [5.41, 5.74) is -3.52. The first-order valence-corrected chi connectivity index (χ1v) is 24.5. The molecule has 0 bridgehead atoms. The predicted molar refractivity (Wildman–Crippen MR) is 253 cm³/mol. The van der Waals surface area contributed by atoms with Gasteiger partial charge in [-0.15, -0.1) is 0 Å². The molecule has 4 heterocycles. The predicted octanol–water partition coefficient (Wildman–Crippen LogP) is 4.08. The third-order valence-electron chi connectivity index (χ3n) is 13.7. The van der Waals surface area contributed by atoms with Crippen molar-refractivity contribution in [2.45, 2.75) is 183 Å². The maximum Gasteiger partial charge on any atom is 0.312 e. The zero-order chi connectivity index (χ0) is 48.9. The molecule has 0 aromatic carbocycles. The zero-order valence-electron chi connectivity index (χ0n) is 40.8. The van der Waals surface area contributed by atoms with Crippen LogP contribution in [0.4, 0.5) is 0 Å². The highest BCUT2D eigenvalue weighted by atomic mass is 127. The Bertz CT molecular complexity index is 1720. The Kier molecular flexibility index (Phi) is 20.3. The standard InChI is InChI=1S/C46H78ClIN4O13/c1-24-21-44(8,57)38(64-42-35(32(51(11)12)20-26(3)61-42)60-19-15-18-49-40(55)31-17-16-25(2)50-39(31)47)27(4)34(63-33-22-45(9,59-14)37(54)30(7)62-33)28(5)41(56)65-43(48)46(10,58)36(53)29(6)52(13)23-24/h16-17,24,26-30,32-38,42-43,53-54,57-58H,15,18-23H2,1-14H3,(H,49,55)/t24-,26-,27+,28-,29-,30+,32+,33+,34+,35-,36-,37+,38-,42+,43+,44-,45-,46+/m1/s1. The number of ether oxygens (including phenoxy) is 7. The highest BCUT2D eigenvalue weighted by Gasteiger charge is 2.53. The van der Waals surface area contributed by atoms with Gasteiger partial charge in [-0.2, -0.15) is 0 Å². The number of carbonyl (C=O) groups is 2. The molecule has 17 nitrogen and oxygen atoms in total. The number of aromatic nitrogens is 1. The molecule has 3 aliphatic heterocycles. The van der Waals surface area contributed by atoms with Crippen LogP contribution in [0.5, 0.6) is 0 Å². The number of esters is 1. The van der Waals surface area contributed by atoms with Crippen molar-refractivity contribution in [3.63, 3.8) is 0 Å². The van der Waals surface area contributed by atoms with E-state index >= 15 is 0 Å². The number of aryl methyl sites for hydroxylation is 1. The van der Waals surface area contributed by atoms with Gasteiger partial charge in [0.15, 0.2) is 16.7 Å². The molecule has 0 saturated carbocycles. The third kappa shape index (κ3) is 13.9. The number of rotatable bonds is 12. The van der Waals surface area contributed by atoms with Crippen LogP contribution in [0.15, 0.2) is 12.1 Å². The lowest BCUT2D eigenvalue weighted by molar-refractivity contribution is -0.321. The highest BCUT2D eigenvalue weighted by molar-refractivity contribution is 14.1. The molecule has 4 rings (SSSR count). The molecule has 0 unspecified atom stereocenters. The van der Waals surface area contributed by atoms with Gasteiger partial charge in [0.1, 0.15) is 29.1 Å². The first-order chi connectivity index (χ1) is 30.1. The fraction of sp³-hybridized carbons (Fsp3) is 0.848. The zero-order valence-corrected chi connectivity index (χ0v) is 43.7. The van der Waals surface area contributed by atoms with E-state index in [2.05, 4.69) is 15.2 Å². The molecule has 1 aromatic heterocycles. The highest BCUT2D eigenvalue weighted by Crippen LogP contribution is 2.41. The normalized spacial score (nSPS) is 41.9. The summed E-state index contributed by atoms with van der Waals surface area (Å²) >= 11 is 8.08. The fourth-order valence-corrected chi connectivity index (χ4v) is 10.5. The second-order valence-electron chi connectivity index (χ2n) is 19.8. The van der Waals surface area contributed by atoms with Crippen LogP contribution in [0.1, 0.15) is 104 Å². The molecule has 5 N–H and O–H groups in total. The summed E-state index contributed by atoms with van der Waals surface area (Å²) < 4.78 is 43.9. The molecule has 374 valence electrons. The van der Waals surface area contributed by atoms with Crippen LogP contribution in [-0.2, 0) is 38.0 Å². The number of likely N-dealkylation sites (N-methyl/N-ethyl adjacent to an activating group) is 2. The van der Waals surface area contributed by atoms with Gasteiger partial charge in [0.05, 0.1) is 47.1 Å². The summed E-state index contributed by atoms with van der Waals surface area (Å²) in [6.45, 7) is 18.6. The second-order valence-corrected chi connectivity index (χ2v) is 21.3. The van der Waals surface area contributed by atoms with Gasteiger partial charge in [0, 0.05) is 56.9 Å². The number of nitrogens with one attached hydrogen (secondary N) is 1. The van der Waals surface area contributed by atoms with E-state index in [9.17, 15) is 30.0 Å². The molecule has 19 heteroatoms. The maximum atomic E-state index is 14.3. The van der Waals surface area contributed by atoms with Gasteiger partial charge >= 0.3 is 5.97 Å². The summed E-state index contributed by atoms with van der Waals surface area (Å²) in [7, 11) is 7.26. The summed E-state index contributed by atoms with van der Waals surface area (Å²) in [6.07, 6.45) is -6.64. The molecule has 3 fully saturated rings. The number of aliphatic hydroxyl groups excluding tert-OH is 2. The first kappa shape index (κ1) is 56.2. The largest absolute Gasteiger partial charge is 0.448 e. The Morgan fingerprint density at radius 2 is 1.69 bits per heavy atom. The van der Waals surface area contributed by atoms with Crippen molar-refractivity contribution in [2.24, 2.45) is 17.8 Å². The quantitative estimate of drug-likeness (QED) is 0.0657. The Morgan fingerprint density at radius 1 is 1.03 bits per heavy atom. The van der Waals surface area contributed by atoms with Crippen LogP contribution in [0.25, 0.3) is 0 Å². The Morgan fingerprint density at radius 3 is 2.31 bits per heavy atom. The van der Waals surface area contributed by atoms with Crippen LogP contribution >= 0.6 is 34.2 Å². The number of alkyl halides is 1. The third-order valence-corrected chi connectivity index (χ3v) is 15.5. The molecule has 1 aromatic rings. The minimum Gasteiger partial charge on any atom is -0.448 e. The second kappa shape index (κ2) is 23.5. The number of hydrogen-bond acceptors (Lipinski definition) is 16. The molecule has 65 heavy (non-hydrogen) atoms. The monoisotopic (exact) mass is 1060 g/mol. The van der Waals surface area contributed by atoms with Crippen LogP contribution < -0.4 is 5.32 Å². The van der Waals surface area contributed by atoms with E-state index in [0.717, 1.165) is 0 Å². The van der Waals surface area contributed by atoms with E-state index < -0.39 is 94.0 Å². The van der Waals surface area contributed by atoms with Gasteiger partial charge in [-0.1, -0.05) is 25.4 Å². The molecule has 3 aliphatic rings. The average molecular weight is 1060 g/mol. The van der Waals surface area contributed by atoms with Gasteiger partial charge in [0.2, 0.25) is 0 Å². The summed E-state index contributed by atoms with van der Waals surface area (Å²) in [5.74, 6) is -3.07. The molecule has 0 radical (unpaired) electrons. The number of nitrogens with zero attached hydrogens (tertiary/aromatic N) is 3. The minimum atomic E-state index is -1.85. The number of pyridine rings is 1. The molecule has 0 aliphatic carbocycles. The first-order valence-electron chi connectivity index (χ1n) is 22.9. The van der Waals surface area contributed by atoms with Crippen LogP contribution in [-0.4, -0.2) is 183 Å². The van der Waals surface area contributed by atoms with Gasteiger partial charge < -0.3 is 68.7 Å². The van der Waals surface area contributed by atoms with Crippen molar-refractivity contribution in [3.8, 4) is 0 Å².